The molecule has 5 nitrogen and oxygen atoms in total. The van der Waals surface area contributed by atoms with Gasteiger partial charge in [-0.3, -0.25) is 4.99 Å². The summed E-state index contributed by atoms with van der Waals surface area (Å²) in [6.07, 6.45) is 7.64. The predicted octanol–water partition coefficient (Wildman–Crippen LogP) is 3.38. The molecule has 2 aliphatic rings. The van der Waals surface area contributed by atoms with Gasteiger partial charge in [-0.2, -0.15) is 0 Å². The molecule has 3 N–H and O–H groups in total. The van der Waals surface area contributed by atoms with Gasteiger partial charge >= 0.3 is 0 Å². The number of hydrogen-bond donors (Lipinski definition) is 2. The first-order valence-electron chi connectivity index (χ1n) is 8.73. The van der Waals surface area contributed by atoms with Crippen LogP contribution in [-0.4, -0.2) is 31.8 Å². The van der Waals surface area contributed by atoms with E-state index in [1.165, 1.54) is 32.1 Å². The zero-order valence-corrected chi connectivity index (χ0v) is 16.4. The van der Waals surface area contributed by atoms with Gasteiger partial charge in [0.25, 0.3) is 0 Å². The highest BCUT2D eigenvalue weighted by atomic mass is 127. The van der Waals surface area contributed by atoms with E-state index < -0.39 is 0 Å². The maximum absolute atomic E-state index is 6.02. The van der Waals surface area contributed by atoms with Crippen LogP contribution in [0.25, 0.3) is 0 Å². The van der Waals surface area contributed by atoms with Crippen LogP contribution >= 0.6 is 24.0 Å². The van der Waals surface area contributed by atoms with Crippen molar-refractivity contribution in [1.82, 2.24) is 5.32 Å². The molecule has 0 aromatic heterocycles. The topological polar surface area (TPSA) is 68.9 Å². The van der Waals surface area contributed by atoms with Gasteiger partial charge in [-0.1, -0.05) is 37.5 Å². The monoisotopic (exact) mass is 445 g/mol. The fourth-order valence-corrected chi connectivity index (χ4v) is 3.33. The SMILES string of the molecule is I.NC(=NCCOC1CCCCC1)NC1CCOc2ccccc21. The summed E-state index contributed by atoms with van der Waals surface area (Å²) in [5.41, 5.74) is 7.17. The second kappa shape index (κ2) is 10.1. The molecule has 1 fully saturated rings. The molecular weight excluding hydrogens is 417 g/mol. The Morgan fingerprint density at radius 3 is 2.83 bits per heavy atom. The number of ether oxygens (including phenoxy) is 2. The molecule has 1 aliphatic carbocycles. The normalized spacial score (nSPS) is 21.3. The van der Waals surface area contributed by atoms with Crippen molar-refractivity contribution in [3.63, 3.8) is 0 Å². The van der Waals surface area contributed by atoms with Gasteiger partial charge in [-0.05, 0) is 18.9 Å². The predicted molar refractivity (Wildman–Crippen MR) is 107 cm³/mol. The average molecular weight is 445 g/mol. The first-order valence-corrected chi connectivity index (χ1v) is 8.73. The zero-order valence-electron chi connectivity index (χ0n) is 14.1. The molecule has 1 saturated carbocycles. The number of guanidine groups is 1. The Morgan fingerprint density at radius 1 is 1.21 bits per heavy atom. The van der Waals surface area contributed by atoms with Crippen LogP contribution in [0.3, 0.4) is 0 Å². The first-order chi connectivity index (χ1) is 11.3. The summed E-state index contributed by atoms with van der Waals surface area (Å²) in [5.74, 6) is 1.42. The Hall–Kier alpha value is -1.02. The van der Waals surface area contributed by atoms with Crippen LogP contribution in [0.2, 0.25) is 0 Å². The van der Waals surface area contributed by atoms with Crippen molar-refractivity contribution >= 4 is 29.9 Å². The molecule has 3 rings (SSSR count). The van der Waals surface area contributed by atoms with Crippen LogP contribution in [0, 0.1) is 0 Å². The van der Waals surface area contributed by atoms with Crippen LogP contribution in [-0.2, 0) is 4.74 Å². The van der Waals surface area contributed by atoms with Crippen molar-refractivity contribution in [2.45, 2.75) is 50.7 Å². The Labute approximate surface area is 161 Å². The first kappa shape index (κ1) is 19.3. The molecule has 1 aromatic rings. The summed E-state index contributed by atoms with van der Waals surface area (Å²) in [4.78, 5) is 4.39. The maximum atomic E-state index is 6.02. The lowest BCUT2D eigenvalue weighted by Crippen LogP contribution is -2.37. The Bertz CT molecular complexity index is 533. The van der Waals surface area contributed by atoms with Crippen LogP contribution in [0.15, 0.2) is 29.3 Å². The Morgan fingerprint density at radius 2 is 2.00 bits per heavy atom. The molecule has 6 heteroatoms. The maximum Gasteiger partial charge on any atom is 0.189 e. The lowest BCUT2D eigenvalue weighted by molar-refractivity contribution is 0.0334. The number of fused-ring (bicyclic) bond motifs is 1. The number of nitrogens with zero attached hydrogens (tertiary/aromatic N) is 1. The minimum absolute atomic E-state index is 0. The minimum Gasteiger partial charge on any atom is -0.493 e. The number of nitrogens with one attached hydrogen (secondary N) is 1. The van der Waals surface area contributed by atoms with Gasteiger partial charge in [0.15, 0.2) is 5.96 Å². The van der Waals surface area contributed by atoms with Gasteiger partial charge in [0, 0.05) is 12.0 Å². The molecule has 1 aromatic carbocycles. The molecule has 1 unspecified atom stereocenters. The molecule has 134 valence electrons. The standard InChI is InChI=1S/C18H27N3O2.HI/c19-18(20-11-13-22-14-6-2-1-3-7-14)21-16-10-12-23-17-9-5-4-8-15(16)17;/h4-5,8-9,14,16H,1-3,6-7,10-13H2,(H3,19,20,21);1H. The van der Waals surface area contributed by atoms with Crippen molar-refractivity contribution in [2.24, 2.45) is 10.7 Å². The molecule has 24 heavy (non-hydrogen) atoms. The van der Waals surface area contributed by atoms with E-state index in [1.54, 1.807) is 0 Å². The summed E-state index contributed by atoms with van der Waals surface area (Å²) in [7, 11) is 0. The van der Waals surface area contributed by atoms with Crippen LogP contribution in [0.1, 0.15) is 50.1 Å². The zero-order chi connectivity index (χ0) is 15.9. The van der Waals surface area contributed by atoms with Crippen molar-refractivity contribution in [2.75, 3.05) is 19.8 Å². The molecule has 1 heterocycles. The van der Waals surface area contributed by atoms with Crippen LogP contribution in [0.4, 0.5) is 0 Å². The molecule has 0 amide bonds. The quantitative estimate of drug-likeness (QED) is 0.316. The van der Waals surface area contributed by atoms with Gasteiger partial charge in [-0.15, -0.1) is 24.0 Å². The highest BCUT2D eigenvalue weighted by Crippen LogP contribution is 2.31. The van der Waals surface area contributed by atoms with Crippen LogP contribution in [0.5, 0.6) is 5.75 Å². The van der Waals surface area contributed by atoms with E-state index in [-0.39, 0.29) is 30.0 Å². The Balaban J connectivity index is 0.00000208. The van der Waals surface area contributed by atoms with E-state index in [1.807, 2.05) is 18.2 Å². The molecule has 1 aliphatic heterocycles. The van der Waals surface area contributed by atoms with E-state index in [0.717, 1.165) is 17.7 Å². The van der Waals surface area contributed by atoms with Crippen molar-refractivity contribution in [1.29, 1.82) is 0 Å². The molecule has 0 bridgehead atoms. The van der Waals surface area contributed by atoms with Crippen molar-refractivity contribution < 1.29 is 9.47 Å². The minimum atomic E-state index is 0. The number of aliphatic imine (C=N–C) groups is 1. The van der Waals surface area contributed by atoms with Gasteiger partial charge in [0.2, 0.25) is 0 Å². The lowest BCUT2D eigenvalue weighted by atomic mass is 9.98. The molecule has 1 atom stereocenters. The molecule has 0 saturated heterocycles. The summed E-state index contributed by atoms with van der Waals surface area (Å²) < 4.78 is 11.5. The lowest BCUT2D eigenvalue weighted by Gasteiger charge is -2.27. The van der Waals surface area contributed by atoms with E-state index in [9.17, 15) is 0 Å². The van der Waals surface area contributed by atoms with Crippen molar-refractivity contribution in [3.8, 4) is 5.75 Å². The fourth-order valence-electron chi connectivity index (χ4n) is 3.33. The second-order valence-corrected chi connectivity index (χ2v) is 6.27. The third-order valence-electron chi connectivity index (χ3n) is 4.56. The molecule has 0 spiro atoms. The smallest absolute Gasteiger partial charge is 0.189 e. The van der Waals surface area contributed by atoms with E-state index >= 15 is 0 Å². The largest absolute Gasteiger partial charge is 0.493 e. The summed E-state index contributed by atoms with van der Waals surface area (Å²) in [5, 5.41) is 3.31. The van der Waals surface area contributed by atoms with E-state index in [4.69, 9.17) is 15.2 Å². The van der Waals surface area contributed by atoms with Crippen molar-refractivity contribution in [3.05, 3.63) is 29.8 Å². The highest BCUT2D eigenvalue weighted by Gasteiger charge is 2.21. The number of para-hydroxylation sites is 1. The van der Waals surface area contributed by atoms with Gasteiger partial charge < -0.3 is 20.5 Å². The number of hydrogen-bond acceptors (Lipinski definition) is 3. The van der Waals surface area contributed by atoms with Gasteiger partial charge in [0.05, 0.1) is 31.9 Å². The average Bonchev–Trinajstić information content (AvgIpc) is 2.60. The Kier molecular flexibility index (Phi) is 8.11. The highest BCUT2D eigenvalue weighted by molar-refractivity contribution is 14.0. The summed E-state index contributed by atoms with van der Waals surface area (Å²) >= 11 is 0. The molecule has 0 radical (unpaired) electrons. The summed E-state index contributed by atoms with van der Waals surface area (Å²) in [6.45, 7) is 1.96. The third kappa shape index (κ3) is 5.51. The number of halogens is 1. The fraction of sp³-hybridized carbons (Fsp3) is 0.611. The number of rotatable bonds is 5. The van der Waals surface area contributed by atoms with E-state index in [2.05, 4.69) is 16.4 Å². The number of benzene rings is 1. The summed E-state index contributed by atoms with van der Waals surface area (Å²) in [6, 6.07) is 8.25. The van der Waals surface area contributed by atoms with E-state index in [0.29, 0.717) is 31.8 Å². The molecular formula is C18H28IN3O2. The number of nitrogens with two attached hydrogens (primary N) is 1. The second-order valence-electron chi connectivity index (χ2n) is 6.27. The van der Waals surface area contributed by atoms with Gasteiger partial charge in [0.1, 0.15) is 5.75 Å². The third-order valence-corrected chi connectivity index (χ3v) is 4.56. The van der Waals surface area contributed by atoms with Gasteiger partial charge in [-0.25, -0.2) is 0 Å². The van der Waals surface area contributed by atoms with Crippen LogP contribution < -0.4 is 15.8 Å².